The van der Waals surface area contributed by atoms with Crippen molar-refractivity contribution in [1.29, 1.82) is 0 Å². The number of nitrogens with zero attached hydrogens (tertiary/aromatic N) is 1. The Morgan fingerprint density at radius 1 is 1.39 bits per heavy atom. The third-order valence-corrected chi connectivity index (χ3v) is 4.73. The fraction of sp³-hybridized carbons (Fsp3) is 0.562. The number of benzene rings is 1. The molecule has 0 amide bonds. The summed E-state index contributed by atoms with van der Waals surface area (Å²) in [6.45, 7) is 0.793. The molecule has 0 bridgehead atoms. The molecular formula is C16H20N2O5. The van der Waals surface area contributed by atoms with E-state index in [4.69, 9.17) is 4.74 Å². The number of nitro benzene ring substituents is 1. The summed E-state index contributed by atoms with van der Waals surface area (Å²) in [6, 6.07) is 4.76. The molecule has 2 aliphatic rings. The highest BCUT2D eigenvalue weighted by Gasteiger charge is 2.37. The van der Waals surface area contributed by atoms with Crippen LogP contribution in [0.15, 0.2) is 18.2 Å². The zero-order valence-electron chi connectivity index (χ0n) is 13.0. The molecule has 0 radical (unpaired) electrons. The van der Waals surface area contributed by atoms with Gasteiger partial charge in [0.05, 0.1) is 18.1 Å². The summed E-state index contributed by atoms with van der Waals surface area (Å²) >= 11 is 0. The van der Waals surface area contributed by atoms with Crippen LogP contribution in [-0.2, 0) is 9.47 Å². The number of hydrogen-bond donors (Lipinski definition) is 1. The van der Waals surface area contributed by atoms with Crippen LogP contribution < -0.4 is 5.32 Å². The smallest absolute Gasteiger partial charge is 0.344 e. The molecule has 3 unspecified atom stereocenters. The summed E-state index contributed by atoms with van der Waals surface area (Å²) in [7, 11) is 1.22. The molecule has 1 saturated carbocycles. The fourth-order valence-electron chi connectivity index (χ4n) is 3.63. The second-order valence-corrected chi connectivity index (χ2v) is 6.02. The first kappa shape index (κ1) is 15.7. The lowest BCUT2D eigenvalue weighted by Crippen LogP contribution is -2.38. The van der Waals surface area contributed by atoms with Gasteiger partial charge in [-0.1, -0.05) is 0 Å². The van der Waals surface area contributed by atoms with Crippen molar-refractivity contribution >= 4 is 17.3 Å². The van der Waals surface area contributed by atoms with E-state index in [1.54, 1.807) is 6.07 Å². The van der Waals surface area contributed by atoms with Crippen LogP contribution in [0.4, 0.5) is 11.4 Å². The molecule has 1 aromatic rings. The molecule has 1 aromatic carbocycles. The molecule has 1 heterocycles. The maximum absolute atomic E-state index is 11.8. The quantitative estimate of drug-likeness (QED) is 0.521. The van der Waals surface area contributed by atoms with Crippen molar-refractivity contribution < 1.29 is 19.2 Å². The van der Waals surface area contributed by atoms with E-state index in [0.29, 0.717) is 17.7 Å². The Morgan fingerprint density at radius 2 is 2.22 bits per heavy atom. The number of esters is 1. The molecule has 23 heavy (non-hydrogen) atoms. The van der Waals surface area contributed by atoms with Crippen LogP contribution in [0.2, 0.25) is 0 Å². The normalized spacial score (nSPS) is 26.4. The maximum atomic E-state index is 11.8. The lowest BCUT2D eigenvalue weighted by atomic mass is 9.81. The Hall–Kier alpha value is -2.15. The average molecular weight is 320 g/mol. The van der Waals surface area contributed by atoms with Gasteiger partial charge in [-0.2, -0.15) is 0 Å². The van der Waals surface area contributed by atoms with Crippen LogP contribution in [0.3, 0.4) is 0 Å². The number of methoxy groups -OCH3 is 1. The van der Waals surface area contributed by atoms with Gasteiger partial charge in [-0.25, -0.2) is 4.79 Å². The highest BCUT2D eigenvalue weighted by molar-refractivity contribution is 5.95. The minimum Gasteiger partial charge on any atom is -0.465 e. The van der Waals surface area contributed by atoms with Crippen molar-refractivity contribution in [2.45, 2.75) is 37.8 Å². The number of anilines is 1. The van der Waals surface area contributed by atoms with Gasteiger partial charge in [0.2, 0.25) is 0 Å². The molecule has 7 heteroatoms. The summed E-state index contributed by atoms with van der Waals surface area (Å²) in [5.41, 5.74) is 0.430. The molecule has 7 nitrogen and oxygen atoms in total. The Bertz CT molecular complexity index is 618. The summed E-state index contributed by atoms with van der Waals surface area (Å²) in [5, 5.41) is 14.5. The lowest BCUT2D eigenvalue weighted by molar-refractivity contribution is -0.385. The second kappa shape index (κ2) is 6.54. The predicted molar refractivity (Wildman–Crippen MR) is 83.5 cm³/mol. The van der Waals surface area contributed by atoms with E-state index in [-0.39, 0.29) is 17.3 Å². The summed E-state index contributed by atoms with van der Waals surface area (Å²) in [4.78, 5) is 22.3. The van der Waals surface area contributed by atoms with Crippen molar-refractivity contribution in [1.82, 2.24) is 0 Å². The van der Waals surface area contributed by atoms with Crippen LogP contribution in [0, 0.1) is 16.0 Å². The second-order valence-electron chi connectivity index (χ2n) is 6.02. The number of carbonyl (C=O) groups is 1. The molecule has 1 N–H and O–H groups in total. The Kier molecular flexibility index (Phi) is 4.47. The lowest BCUT2D eigenvalue weighted by Gasteiger charge is -2.34. The first-order valence-corrected chi connectivity index (χ1v) is 7.85. The van der Waals surface area contributed by atoms with Crippen molar-refractivity contribution in [2.75, 3.05) is 19.0 Å². The van der Waals surface area contributed by atoms with Crippen molar-refractivity contribution in [3.8, 4) is 0 Å². The minimum absolute atomic E-state index is 0.0301. The molecule has 1 aliphatic heterocycles. The molecule has 2 fully saturated rings. The standard InChI is InChI=1S/C16H20N2O5/c1-22-16(19)12-9-10(5-6-14(12)18(20)21)17-13-3-2-4-15-11(13)7-8-23-15/h5-6,9,11,13,15,17H,2-4,7-8H2,1H3. The zero-order chi connectivity index (χ0) is 16.4. The SMILES string of the molecule is COC(=O)c1cc(NC2CCCC3OCCC23)ccc1[N+](=O)[O-]. The molecular weight excluding hydrogens is 300 g/mol. The average Bonchev–Trinajstić information content (AvgIpc) is 3.03. The fourth-order valence-corrected chi connectivity index (χ4v) is 3.63. The van der Waals surface area contributed by atoms with Gasteiger partial charge in [-0.3, -0.25) is 10.1 Å². The van der Waals surface area contributed by atoms with Gasteiger partial charge in [-0.15, -0.1) is 0 Å². The van der Waals surface area contributed by atoms with Crippen molar-refractivity contribution in [3.05, 3.63) is 33.9 Å². The minimum atomic E-state index is -0.703. The monoisotopic (exact) mass is 320 g/mol. The zero-order valence-corrected chi connectivity index (χ0v) is 13.0. The first-order valence-electron chi connectivity index (χ1n) is 7.85. The van der Waals surface area contributed by atoms with E-state index in [9.17, 15) is 14.9 Å². The molecule has 0 spiro atoms. The van der Waals surface area contributed by atoms with E-state index in [2.05, 4.69) is 10.1 Å². The van der Waals surface area contributed by atoms with Crippen LogP contribution >= 0.6 is 0 Å². The molecule has 3 atom stereocenters. The number of fused-ring (bicyclic) bond motifs is 1. The van der Waals surface area contributed by atoms with Crippen molar-refractivity contribution in [2.24, 2.45) is 5.92 Å². The number of ether oxygens (including phenoxy) is 2. The highest BCUT2D eigenvalue weighted by Crippen LogP contribution is 2.36. The topological polar surface area (TPSA) is 90.7 Å². The first-order chi connectivity index (χ1) is 11.1. The van der Waals surface area contributed by atoms with E-state index >= 15 is 0 Å². The van der Waals surface area contributed by atoms with Gasteiger partial charge >= 0.3 is 5.97 Å². The van der Waals surface area contributed by atoms with Crippen LogP contribution in [-0.4, -0.2) is 36.8 Å². The van der Waals surface area contributed by atoms with E-state index in [1.165, 1.54) is 19.2 Å². The van der Waals surface area contributed by atoms with Gasteiger partial charge in [0.25, 0.3) is 5.69 Å². The third-order valence-electron chi connectivity index (χ3n) is 4.73. The number of carbonyl (C=O) groups excluding carboxylic acids is 1. The van der Waals surface area contributed by atoms with Gasteiger partial charge in [0, 0.05) is 30.3 Å². The largest absolute Gasteiger partial charge is 0.465 e. The molecule has 124 valence electrons. The number of nitrogens with one attached hydrogen (secondary N) is 1. The third kappa shape index (κ3) is 3.14. The molecule has 0 aromatic heterocycles. The number of hydrogen-bond acceptors (Lipinski definition) is 6. The molecule has 3 rings (SSSR count). The Labute approximate surface area is 134 Å². The summed E-state index contributed by atoms with van der Waals surface area (Å²) < 4.78 is 10.4. The number of nitro groups is 1. The molecule has 1 saturated heterocycles. The van der Waals surface area contributed by atoms with Crippen LogP contribution in [0.1, 0.15) is 36.0 Å². The summed E-state index contributed by atoms with van der Waals surface area (Å²) in [6.07, 6.45) is 4.56. The number of rotatable bonds is 4. The van der Waals surface area contributed by atoms with E-state index in [1.807, 2.05) is 0 Å². The van der Waals surface area contributed by atoms with Crippen molar-refractivity contribution in [3.63, 3.8) is 0 Å². The van der Waals surface area contributed by atoms with E-state index < -0.39 is 10.9 Å². The predicted octanol–water partition coefficient (Wildman–Crippen LogP) is 2.75. The van der Waals surface area contributed by atoms with Gasteiger partial charge < -0.3 is 14.8 Å². The summed E-state index contributed by atoms with van der Waals surface area (Å²) in [5.74, 6) is -0.244. The van der Waals surface area contributed by atoms with Gasteiger partial charge in [0.15, 0.2) is 0 Å². The molecule has 1 aliphatic carbocycles. The van der Waals surface area contributed by atoms with Crippen LogP contribution in [0.5, 0.6) is 0 Å². The van der Waals surface area contributed by atoms with Crippen LogP contribution in [0.25, 0.3) is 0 Å². The van der Waals surface area contributed by atoms with Gasteiger partial charge in [0.1, 0.15) is 5.56 Å². The maximum Gasteiger partial charge on any atom is 0.344 e. The Balaban J connectivity index is 1.82. The van der Waals surface area contributed by atoms with Gasteiger partial charge in [-0.05, 0) is 37.8 Å². The Morgan fingerprint density at radius 3 is 2.96 bits per heavy atom. The highest BCUT2D eigenvalue weighted by atomic mass is 16.6. The van der Waals surface area contributed by atoms with E-state index in [0.717, 1.165) is 32.3 Å².